The zero-order valence-corrected chi connectivity index (χ0v) is 7.94. The van der Waals surface area contributed by atoms with Gasteiger partial charge in [0.15, 0.2) is 0 Å². The van der Waals surface area contributed by atoms with Crippen molar-refractivity contribution in [2.24, 2.45) is 0 Å². The van der Waals surface area contributed by atoms with Crippen molar-refractivity contribution >= 4 is 5.91 Å². The molecule has 0 saturated carbocycles. The molecule has 0 aromatic heterocycles. The molecule has 0 aliphatic rings. The Labute approximate surface area is 74.1 Å². The van der Waals surface area contributed by atoms with Gasteiger partial charge < -0.3 is 16.0 Å². The van der Waals surface area contributed by atoms with Crippen LogP contribution in [0.5, 0.6) is 0 Å². The number of likely N-dealkylation sites (N-methyl/N-ethyl adjacent to an activating group) is 1. The normalized spacial score (nSPS) is 9.83. The first kappa shape index (κ1) is 11.4. The largest absolute Gasteiger partial charge is 0.355 e. The van der Waals surface area contributed by atoms with Crippen LogP contribution < -0.4 is 16.0 Å². The van der Waals surface area contributed by atoms with Crippen molar-refractivity contribution in [1.29, 1.82) is 0 Å². The second-order valence-corrected chi connectivity index (χ2v) is 2.59. The highest BCUT2D eigenvalue weighted by Gasteiger charge is 1.89. The SMILES string of the molecule is CCNCCNCCNC(C)=O. The monoisotopic (exact) mass is 173 g/mol. The molecule has 3 N–H and O–H groups in total. The Morgan fingerprint density at radius 3 is 2.25 bits per heavy atom. The summed E-state index contributed by atoms with van der Waals surface area (Å²) in [4.78, 5) is 10.4. The number of carbonyl (C=O) groups is 1. The van der Waals surface area contributed by atoms with E-state index in [2.05, 4.69) is 22.9 Å². The molecule has 0 spiro atoms. The Bertz CT molecular complexity index is 117. The molecule has 0 saturated heterocycles. The number of amides is 1. The highest BCUT2D eigenvalue weighted by atomic mass is 16.1. The molecule has 0 aliphatic carbocycles. The molecule has 0 radical (unpaired) electrons. The van der Waals surface area contributed by atoms with Crippen LogP contribution in [0.3, 0.4) is 0 Å². The predicted molar refractivity (Wildman–Crippen MR) is 50.1 cm³/mol. The van der Waals surface area contributed by atoms with E-state index in [1.54, 1.807) is 0 Å². The molecule has 4 nitrogen and oxygen atoms in total. The van der Waals surface area contributed by atoms with E-state index in [0.717, 1.165) is 26.2 Å². The zero-order chi connectivity index (χ0) is 9.23. The third-order valence-corrected chi connectivity index (χ3v) is 1.40. The number of rotatable bonds is 7. The fourth-order valence-electron chi connectivity index (χ4n) is 0.805. The van der Waals surface area contributed by atoms with Crippen molar-refractivity contribution in [3.63, 3.8) is 0 Å². The van der Waals surface area contributed by atoms with E-state index in [1.807, 2.05) is 0 Å². The summed E-state index contributed by atoms with van der Waals surface area (Å²) in [6.07, 6.45) is 0. The van der Waals surface area contributed by atoms with Crippen molar-refractivity contribution < 1.29 is 4.79 Å². The molecule has 0 rings (SSSR count). The molecular weight excluding hydrogens is 154 g/mol. The molecule has 0 aromatic carbocycles. The summed E-state index contributed by atoms with van der Waals surface area (Å²) in [5.41, 5.74) is 0. The molecule has 0 aromatic rings. The highest BCUT2D eigenvalue weighted by molar-refractivity contribution is 5.72. The van der Waals surface area contributed by atoms with Crippen molar-refractivity contribution in [1.82, 2.24) is 16.0 Å². The molecule has 0 unspecified atom stereocenters. The maximum atomic E-state index is 10.4. The summed E-state index contributed by atoms with van der Waals surface area (Å²) >= 11 is 0. The van der Waals surface area contributed by atoms with Gasteiger partial charge in [-0.25, -0.2) is 0 Å². The van der Waals surface area contributed by atoms with E-state index in [1.165, 1.54) is 6.92 Å². The second kappa shape index (κ2) is 8.49. The van der Waals surface area contributed by atoms with Crippen LogP contribution in [0.4, 0.5) is 0 Å². The fraction of sp³-hybridized carbons (Fsp3) is 0.875. The maximum Gasteiger partial charge on any atom is 0.216 e. The number of hydrogen-bond donors (Lipinski definition) is 3. The van der Waals surface area contributed by atoms with E-state index in [9.17, 15) is 4.79 Å². The van der Waals surface area contributed by atoms with Gasteiger partial charge in [0, 0.05) is 33.1 Å². The lowest BCUT2D eigenvalue weighted by Crippen LogP contribution is -2.33. The van der Waals surface area contributed by atoms with Gasteiger partial charge in [-0.1, -0.05) is 6.92 Å². The van der Waals surface area contributed by atoms with Gasteiger partial charge in [-0.15, -0.1) is 0 Å². The maximum absolute atomic E-state index is 10.4. The van der Waals surface area contributed by atoms with Crippen LogP contribution in [0.2, 0.25) is 0 Å². The van der Waals surface area contributed by atoms with Crippen LogP contribution in [-0.4, -0.2) is 38.6 Å². The van der Waals surface area contributed by atoms with Gasteiger partial charge in [0.2, 0.25) is 5.91 Å². The minimum atomic E-state index is 0.0310. The third-order valence-electron chi connectivity index (χ3n) is 1.40. The van der Waals surface area contributed by atoms with Gasteiger partial charge >= 0.3 is 0 Å². The topological polar surface area (TPSA) is 53.2 Å². The Morgan fingerprint density at radius 2 is 1.67 bits per heavy atom. The minimum absolute atomic E-state index is 0.0310. The fourth-order valence-corrected chi connectivity index (χ4v) is 0.805. The van der Waals surface area contributed by atoms with E-state index in [0.29, 0.717) is 6.54 Å². The van der Waals surface area contributed by atoms with E-state index in [-0.39, 0.29) is 5.91 Å². The summed E-state index contributed by atoms with van der Waals surface area (Å²) in [5.74, 6) is 0.0310. The van der Waals surface area contributed by atoms with Crippen LogP contribution in [0, 0.1) is 0 Å². The molecule has 1 amide bonds. The molecule has 12 heavy (non-hydrogen) atoms. The molecule has 0 bridgehead atoms. The number of hydrogen-bond acceptors (Lipinski definition) is 3. The van der Waals surface area contributed by atoms with Gasteiger partial charge in [0.1, 0.15) is 0 Å². The summed E-state index contributed by atoms with van der Waals surface area (Å²) in [5, 5.41) is 9.11. The molecule has 0 aliphatic heterocycles. The Balaban J connectivity index is 2.86. The standard InChI is InChI=1S/C8H19N3O/c1-3-9-4-5-10-6-7-11-8(2)12/h9-10H,3-7H2,1-2H3,(H,11,12). The first-order chi connectivity index (χ1) is 5.77. The van der Waals surface area contributed by atoms with Gasteiger partial charge in [-0.3, -0.25) is 4.79 Å². The zero-order valence-electron chi connectivity index (χ0n) is 7.94. The van der Waals surface area contributed by atoms with Gasteiger partial charge in [-0.2, -0.15) is 0 Å². The van der Waals surface area contributed by atoms with Crippen LogP contribution in [0.15, 0.2) is 0 Å². The Morgan fingerprint density at radius 1 is 1.08 bits per heavy atom. The summed E-state index contributed by atoms with van der Waals surface area (Å²) in [6, 6.07) is 0. The van der Waals surface area contributed by atoms with Crippen molar-refractivity contribution in [2.75, 3.05) is 32.7 Å². The molecule has 0 atom stereocenters. The Kier molecular flexibility index (Phi) is 8.05. The number of carbonyl (C=O) groups excluding carboxylic acids is 1. The lowest BCUT2D eigenvalue weighted by Gasteiger charge is -2.04. The van der Waals surface area contributed by atoms with Gasteiger partial charge in [0.05, 0.1) is 0 Å². The van der Waals surface area contributed by atoms with E-state index >= 15 is 0 Å². The van der Waals surface area contributed by atoms with E-state index < -0.39 is 0 Å². The summed E-state index contributed by atoms with van der Waals surface area (Å²) in [7, 11) is 0. The molecular formula is C8H19N3O. The number of nitrogens with one attached hydrogen (secondary N) is 3. The minimum Gasteiger partial charge on any atom is -0.355 e. The lowest BCUT2D eigenvalue weighted by molar-refractivity contribution is -0.118. The molecule has 72 valence electrons. The van der Waals surface area contributed by atoms with Crippen LogP contribution in [0.25, 0.3) is 0 Å². The highest BCUT2D eigenvalue weighted by Crippen LogP contribution is 1.62. The summed E-state index contributed by atoms with van der Waals surface area (Å²) < 4.78 is 0. The molecule has 4 heteroatoms. The average molecular weight is 173 g/mol. The van der Waals surface area contributed by atoms with Crippen molar-refractivity contribution in [2.45, 2.75) is 13.8 Å². The van der Waals surface area contributed by atoms with Gasteiger partial charge in [-0.05, 0) is 6.54 Å². The van der Waals surface area contributed by atoms with Crippen LogP contribution in [0.1, 0.15) is 13.8 Å². The van der Waals surface area contributed by atoms with Gasteiger partial charge in [0.25, 0.3) is 0 Å². The average Bonchev–Trinajstić information content (AvgIpc) is 2.02. The third kappa shape index (κ3) is 9.39. The van der Waals surface area contributed by atoms with Crippen molar-refractivity contribution in [3.8, 4) is 0 Å². The van der Waals surface area contributed by atoms with Crippen LogP contribution >= 0.6 is 0 Å². The molecule has 0 fully saturated rings. The molecule has 0 heterocycles. The predicted octanol–water partition coefficient (Wildman–Crippen LogP) is -0.678. The second-order valence-electron chi connectivity index (χ2n) is 2.59. The smallest absolute Gasteiger partial charge is 0.216 e. The lowest BCUT2D eigenvalue weighted by atomic mass is 10.5. The summed E-state index contributed by atoms with van der Waals surface area (Å²) in [6.45, 7) is 8.10. The van der Waals surface area contributed by atoms with Crippen molar-refractivity contribution in [3.05, 3.63) is 0 Å². The Hall–Kier alpha value is -0.610. The van der Waals surface area contributed by atoms with E-state index in [4.69, 9.17) is 0 Å². The quantitative estimate of drug-likeness (QED) is 0.447. The van der Waals surface area contributed by atoms with Crippen LogP contribution in [-0.2, 0) is 4.79 Å². The first-order valence-electron chi connectivity index (χ1n) is 4.43. The first-order valence-corrected chi connectivity index (χ1v) is 4.43.